The number of aliphatic imine (C=N–C) groups is 1. The van der Waals surface area contributed by atoms with E-state index in [1.54, 1.807) is 13.2 Å². The number of anilines is 1. The van der Waals surface area contributed by atoms with Crippen molar-refractivity contribution in [3.05, 3.63) is 54.5 Å². The Hall–Kier alpha value is -1.90. The normalized spacial score (nSPS) is 10.7. The molecule has 0 aromatic carbocycles. The zero-order valence-corrected chi connectivity index (χ0v) is 16.9. The van der Waals surface area contributed by atoms with Crippen molar-refractivity contribution in [1.29, 1.82) is 0 Å². The molecule has 0 unspecified atom stereocenters. The van der Waals surface area contributed by atoms with Crippen LogP contribution in [0.5, 0.6) is 0 Å². The van der Waals surface area contributed by atoms with E-state index in [0.717, 1.165) is 56.4 Å². The smallest absolute Gasteiger partial charge is 0.190 e. The van der Waals surface area contributed by atoms with Gasteiger partial charge in [0.2, 0.25) is 0 Å². The molecule has 0 saturated carbocycles. The second kappa shape index (κ2) is 13.4. The van der Waals surface area contributed by atoms with E-state index in [4.69, 9.17) is 0 Å². The van der Waals surface area contributed by atoms with Gasteiger partial charge in [-0.1, -0.05) is 12.1 Å². The number of aromatic nitrogens is 2. The number of pyridine rings is 2. The lowest BCUT2D eigenvalue weighted by molar-refractivity contribution is 0.709. The molecule has 0 aliphatic heterocycles. The van der Waals surface area contributed by atoms with Crippen LogP contribution in [0.15, 0.2) is 53.8 Å². The minimum absolute atomic E-state index is 0. The van der Waals surface area contributed by atoms with Crippen molar-refractivity contribution in [2.24, 2.45) is 4.99 Å². The van der Waals surface area contributed by atoms with Gasteiger partial charge in [-0.15, -0.1) is 24.0 Å². The monoisotopic (exact) mass is 454 g/mol. The molecule has 2 rings (SSSR count). The number of rotatable bonds is 9. The van der Waals surface area contributed by atoms with E-state index in [1.165, 1.54) is 0 Å². The minimum Gasteiger partial charge on any atom is -0.370 e. The van der Waals surface area contributed by atoms with E-state index in [0.29, 0.717) is 0 Å². The summed E-state index contributed by atoms with van der Waals surface area (Å²) in [6.07, 6.45) is 6.65. The highest BCUT2D eigenvalue weighted by Gasteiger charge is 1.98. The first kappa shape index (κ1) is 21.1. The van der Waals surface area contributed by atoms with Gasteiger partial charge in [-0.2, -0.15) is 0 Å². The third kappa shape index (κ3) is 9.23. The molecule has 0 amide bonds. The molecule has 7 heteroatoms. The minimum atomic E-state index is 0. The summed E-state index contributed by atoms with van der Waals surface area (Å²) < 4.78 is 0. The Bertz CT molecular complexity index is 591. The first-order chi connectivity index (χ1) is 11.9. The van der Waals surface area contributed by atoms with Crippen LogP contribution in [0.2, 0.25) is 0 Å². The highest BCUT2D eigenvalue weighted by molar-refractivity contribution is 14.0. The van der Waals surface area contributed by atoms with Crippen LogP contribution in [-0.4, -0.2) is 42.6 Å². The van der Waals surface area contributed by atoms with Gasteiger partial charge in [-0.05, 0) is 37.1 Å². The molecule has 0 aliphatic rings. The Balaban J connectivity index is 0.00000312. The van der Waals surface area contributed by atoms with Crippen molar-refractivity contribution >= 4 is 35.8 Å². The number of halogens is 1. The van der Waals surface area contributed by atoms with E-state index in [9.17, 15) is 0 Å². The van der Waals surface area contributed by atoms with Gasteiger partial charge in [0.15, 0.2) is 5.96 Å². The van der Waals surface area contributed by atoms with Crippen LogP contribution >= 0.6 is 24.0 Å². The first-order valence-corrected chi connectivity index (χ1v) is 8.38. The SMILES string of the molecule is CN=C(NCCCCNc1ccccn1)NCCc1ccccn1.I. The van der Waals surface area contributed by atoms with Crippen LogP contribution in [0.25, 0.3) is 0 Å². The van der Waals surface area contributed by atoms with Crippen molar-refractivity contribution < 1.29 is 0 Å². The van der Waals surface area contributed by atoms with Crippen molar-refractivity contribution in [2.45, 2.75) is 19.3 Å². The standard InChI is InChI=1S/C18H26N6.HI/c1-19-18(24-15-10-16-8-2-4-11-20-16)23-14-7-6-13-22-17-9-3-5-12-21-17;/h2-5,8-9,11-12H,6-7,10,13-15H2,1H3,(H,21,22)(H2,19,23,24);1H. The van der Waals surface area contributed by atoms with E-state index >= 15 is 0 Å². The second-order valence-electron chi connectivity index (χ2n) is 5.35. The zero-order chi connectivity index (χ0) is 16.9. The lowest BCUT2D eigenvalue weighted by Crippen LogP contribution is -2.38. The van der Waals surface area contributed by atoms with Crippen LogP contribution in [0.4, 0.5) is 5.82 Å². The molecule has 136 valence electrons. The van der Waals surface area contributed by atoms with E-state index in [-0.39, 0.29) is 24.0 Å². The molecule has 2 aromatic rings. The van der Waals surface area contributed by atoms with Gasteiger partial charge in [0.05, 0.1) is 0 Å². The summed E-state index contributed by atoms with van der Waals surface area (Å²) in [4.78, 5) is 12.8. The maximum atomic E-state index is 4.31. The van der Waals surface area contributed by atoms with Crippen LogP contribution in [0.3, 0.4) is 0 Å². The topological polar surface area (TPSA) is 74.2 Å². The van der Waals surface area contributed by atoms with Crippen LogP contribution in [0.1, 0.15) is 18.5 Å². The van der Waals surface area contributed by atoms with E-state index in [1.807, 2.05) is 42.6 Å². The molecule has 0 spiro atoms. The third-order valence-corrected chi connectivity index (χ3v) is 3.49. The maximum absolute atomic E-state index is 4.31. The second-order valence-corrected chi connectivity index (χ2v) is 5.35. The molecule has 0 radical (unpaired) electrons. The van der Waals surface area contributed by atoms with Gasteiger partial charge in [0, 0.05) is 51.2 Å². The zero-order valence-electron chi connectivity index (χ0n) is 14.6. The average Bonchev–Trinajstić information content (AvgIpc) is 2.64. The highest BCUT2D eigenvalue weighted by atomic mass is 127. The molecule has 0 bridgehead atoms. The summed E-state index contributed by atoms with van der Waals surface area (Å²) in [6, 6.07) is 11.9. The Labute approximate surface area is 167 Å². The number of nitrogens with one attached hydrogen (secondary N) is 3. The maximum Gasteiger partial charge on any atom is 0.190 e. The Morgan fingerprint density at radius 3 is 2.32 bits per heavy atom. The summed E-state index contributed by atoms with van der Waals surface area (Å²) in [5, 5.41) is 9.94. The average molecular weight is 454 g/mol. The fraction of sp³-hybridized carbons (Fsp3) is 0.389. The Kier molecular flexibility index (Phi) is 11.3. The molecule has 3 N–H and O–H groups in total. The molecular weight excluding hydrogens is 427 g/mol. The van der Waals surface area contributed by atoms with Crippen molar-refractivity contribution in [3.8, 4) is 0 Å². The number of hydrogen-bond donors (Lipinski definition) is 3. The highest BCUT2D eigenvalue weighted by Crippen LogP contribution is 2.00. The molecule has 0 atom stereocenters. The van der Waals surface area contributed by atoms with Crippen LogP contribution in [0, 0.1) is 0 Å². The number of unbranched alkanes of at least 4 members (excludes halogenated alkanes) is 1. The predicted octanol–water partition coefficient (Wildman–Crippen LogP) is 2.69. The fourth-order valence-corrected chi connectivity index (χ4v) is 2.22. The van der Waals surface area contributed by atoms with Crippen molar-refractivity contribution in [1.82, 2.24) is 20.6 Å². The molecular formula is C18H27IN6. The van der Waals surface area contributed by atoms with Crippen LogP contribution in [-0.2, 0) is 6.42 Å². The molecule has 6 nitrogen and oxygen atoms in total. The largest absolute Gasteiger partial charge is 0.370 e. The number of guanidine groups is 1. The lowest BCUT2D eigenvalue weighted by atomic mass is 10.3. The van der Waals surface area contributed by atoms with Gasteiger partial charge in [-0.25, -0.2) is 4.98 Å². The number of nitrogens with zero attached hydrogens (tertiary/aromatic N) is 3. The van der Waals surface area contributed by atoms with Gasteiger partial charge in [0.1, 0.15) is 5.82 Å². The van der Waals surface area contributed by atoms with Crippen molar-refractivity contribution in [2.75, 3.05) is 32.0 Å². The van der Waals surface area contributed by atoms with Crippen LogP contribution < -0.4 is 16.0 Å². The van der Waals surface area contributed by atoms with Gasteiger partial charge >= 0.3 is 0 Å². The van der Waals surface area contributed by atoms with E-state index in [2.05, 4.69) is 30.9 Å². The first-order valence-electron chi connectivity index (χ1n) is 8.38. The molecule has 2 heterocycles. The van der Waals surface area contributed by atoms with Gasteiger partial charge in [0.25, 0.3) is 0 Å². The summed E-state index contributed by atoms with van der Waals surface area (Å²) >= 11 is 0. The molecule has 0 saturated heterocycles. The Morgan fingerprint density at radius 2 is 1.64 bits per heavy atom. The van der Waals surface area contributed by atoms with Crippen molar-refractivity contribution in [3.63, 3.8) is 0 Å². The third-order valence-electron chi connectivity index (χ3n) is 3.49. The number of hydrogen-bond acceptors (Lipinski definition) is 4. The summed E-state index contributed by atoms with van der Waals surface area (Å²) in [5.74, 6) is 1.76. The summed E-state index contributed by atoms with van der Waals surface area (Å²) in [7, 11) is 1.79. The predicted molar refractivity (Wildman–Crippen MR) is 115 cm³/mol. The van der Waals surface area contributed by atoms with Gasteiger partial charge in [-0.3, -0.25) is 9.98 Å². The fourth-order valence-electron chi connectivity index (χ4n) is 2.22. The molecule has 25 heavy (non-hydrogen) atoms. The Morgan fingerprint density at radius 1 is 0.920 bits per heavy atom. The summed E-state index contributed by atoms with van der Waals surface area (Å²) in [6.45, 7) is 2.63. The quantitative estimate of drug-likeness (QED) is 0.235. The van der Waals surface area contributed by atoms with Gasteiger partial charge < -0.3 is 16.0 Å². The lowest BCUT2D eigenvalue weighted by Gasteiger charge is -2.12. The summed E-state index contributed by atoms with van der Waals surface area (Å²) in [5.41, 5.74) is 1.08. The molecule has 0 fully saturated rings. The molecule has 2 aromatic heterocycles. The molecule has 0 aliphatic carbocycles. The van der Waals surface area contributed by atoms with E-state index < -0.39 is 0 Å².